The van der Waals surface area contributed by atoms with Crippen molar-refractivity contribution in [1.29, 1.82) is 0 Å². The SMILES string of the molecule is Cc1ccc2[nH]cc(CCC(=O)N3CCC(F)(C(=O)O)C3)c2c1. The number of aliphatic carboxylic acids is 1. The van der Waals surface area contributed by atoms with E-state index in [2.05, 4.69) is 11.1 Å². The predicted molar refractivity (Wildman–Crippen MR) is 84.0 cm³/mol. The summed E-state index contributed by atoms with van der Waals surface area (Å²) in [4.78, 5) is 27.6. The number of hydrogen-bond acceptors (Lipinski definition) is 2. The number of carbonyl (C=O) groups is 2. The Bertz CT molecular complexity index is 770. The standard InChI is InChI=1S/C17H19FN2O3/c1-11-2-4-14-13(8-11)12(9-19-14)3-5-15(21)20-7-6-17(18,10-20)16(22)23/h2,4,8-9,19H,3,5-7,10H2,1H3,(H,22,23). The number of alkyl halides is 1. The summed E-state index contributed by atoms with van der Waals surface area (Å²) >= 11 is 0. The molecule has 0 spiro atoms. The molecule has 1 aliphatic rings. The van der Waals surface area contributed by atoms with Crippen molar-refractivity contribution in [2.45, 2.75) is 31.9 Å². The first-order valence-electron chi connectivity index (χ1n) is 7.66. The van der Waals surface area contributed by atoms with E-state index in [0.29, 0.717) is 6.42 Å². The van der Waals surface area contributed by atoms with Gasteiger partial charge in [-0.2, -0.15) is 0 Å². The molecule has 0 aliphatic carbocycles. The molecule has 3 rings (SSSR count). The first-order chi connectivity index (χ1) is 10.9. The molecule has 1 amide bonds. The minimum atomic E-state index is -2.30. The molecule has 23 heavy (non-hydrogen) atoms. The van der Waals surface area contributed by atoms with Crippen molar-refractivity contribution in [3.05, 3.63) is 35.5 Å². The molecular formula is C17H19FN2O3. The maximum Gasteiger partial charge on any atom is 0.343 e. The molecule has 1 aromatic carbocycles. The summed E-state index contributed by atoms with van der Waals surface area (Å²) in [5, 5.41) is 9.97. The average molecular weight is 318 g/mol. The van der Waals surface area contributed by atoms with Crippen molar-refractivity contribution in [1.82, 2.24) is 9.88 Å². The Morgan fingerprint density at radius 1 is 1.43 bits per heavy atom. The summed E-state index contributed by atoms with van der Waals surface area (Å²) in [6.45, 7) is 1.82. The van der Waals surface area contributed by atoms with Crippen LogP contribution in [0.3, 0.4) is 0 Å². The average Bonchev–Trinajstić information content (AvgIpc) is 3.09. The molecule has 2 aromatic rings. The third kappa shape index (κ3) is 2.93. The van der Waals surface area contributed by atoms with Gasteiger partial charge in [0.15, 0.2) is 0 Å². The second-order valence-corrected chi connectivity index (χ2v) is 6.20. The number of halogens is 1. The van der Waals surface area contributed by atoms with Gasteiger partial charge in [-0.25, -0.2) is 9.18 Å². The predicted octanol–water partition coefficient (Wildman–Crippen LogP) is 2.43. The van der Waals surface area contributed by atoms with Gasteiger partial charge in [0.05, 0.1) is 6.54 Å². The Kier molecular flexibility index (Phi) is 3.83. The zero-order valence-corrected chi connectivity index (χ0v) is 12.9. The first kappa shape index (κ1) is 15.5. The van der Waals surface area contributed by atoms with Crippen LogP contribution in [-0.4, -0.2) is 45.6 Å². The quantitative estimate of drug-likeness (QED) is 0.909. The summed E-state index contributed by atoms with van der Waals surface area (Å²) in [5.74, 6) is -1.69. The highest BCUT2D eigenvalue weighted by atomic mass is 19.1. The van der Waals surface area contributed by atoms with Crippen molar-refractivity contribution in [3.63, 3.8) is 0 Å². The van der Waals surface area contributed by atoms with E-state index in [-0.39, 0.29) is 31.8 Å². The fourth-order valence-corrected chi connectivity index (χ4v) is 3.06. The number of aromatic nitrogens is 1. The van der Waals surface area contributed by atoms with Gasteiger partial charge in [-0.15, -0.1) is 0 Å². The van der Waals surface area contributed by atoms with Crippen molar-refractivity contribution in [2.24, 2.45) is 0 Å². The highest BCUT2D eigenvalue weighted by Gasteiger charge is 2.46. The lowest BCUT2D eigenvalue weighted by molar-refractivity contribution is -0.150. The summed E-state index contributed by atoms with van der Waals surface area (Å²) in [6.07, 6.45) is 2.54. The summed E-state index contributed by atoms with van der Waals surface area (Å²) in [6, 6.07) is 6.09. The largest absolute Gasteiger partial charge is 0.479 e. The lowest BCUT2D eigenvalue weighted by atomic mass is 10.1. The Hall–Kier alpha value is -2.37. The Balaban J connectivity index is 1.65. The topological polar surface area (TPSA) is 73.4 Å². The van der Waals surface area contributed by atoms with Crippen molar-refractivity contribution in [3.8, 4) is 0 Å². The molecule has 5 nitrogen and oxygen atoms in total. The van der Waals surface area contributed by atoms with Crippen LogP contribution in [0.25, 0.3) is 10.9 Å². The minimum absolute atomic E-state index is 0.139. The number of amides is 1. The Morgan fingerprint density at radius 2 is 2.22 bits per heavy atom. The van der Waals surface area contributed by atoms with Gasteiger partial charge in [-0.3, -0.25) is 4.79 Å². The molecule has 0 saturated carbocycles. The number of rotatable bonds is 4. The monoisotopic (exact) mass is 318 g/mol. The molecule has 1 atom stereocenters. The molecule has 122 valence electrons. The molecule has 1 fully saturated rings. The lowest BCUT2D eigenvalue weighted by Gasteiger charge is -2.17. The number of carboxylic acid groups (broad SMARTS) is 1. The van der Waals surface area contributed by atoms with E-state index in [4.69, 9.17) is 5.11 Å². The van der Waals surface area contributed by atoms with E-state index in [1.807, 2.05) is 25.3 Å². The van der Waals surface area contributed by atoms with Crippen LogP contribution >= 0.6 is 0 Å². The fourth-order valence-electron chi connectivity index (χ4n) is 3.06. The number of carbonyl (C=O) groups excluding carboxylic acids is 1. The summed E-state index contributed by atoms with van der Waals surface area (Å²) in [7, 11) is 0. The Morgan fingerprint density at radius 3 is 2.91 bits per heavy atom. The van der Waals surface area contributed by atoms with E-state index < -0.39 is 11.6 Å². The molecule has 1 saturated heterocycles. The van der Waals surface area contributed by atoms with E-state index >= 15 is 0 Å². The number of benzene rings is 1. The van der Waals surface area contributed by atoms with Crippen LogP contribution in [0.15, 0.2) is 24.4 Å². The zero-order valence-electron chi connectivity index (χ0n) is 12.9. The second kappa shape index (κ2) is 5.68. The van der Waals surface area contributed by atoms with E-state index in [1.54, 1.807) is 0 Å². The third-order valence-corrected chi connectivity index (χ3v) is 4.49. The van der Waals surface area contributed by atoms with E-state index in [9.17, 15) is 14.0 Å². The third-order valence-electron chi connectivity index (χ3n) is 4.49. The molecule has 0 radical (unpaired) electrons. The molecule has 1 aromatic heterocycles. The normalized spacial score (nSPS) is 21.0. The van der Waals surface area contributed by atoms with E-state index in [1.165, 1.54) is 4.90 Å². The molecule has 1 aliphatic heterocycles. The smallest absolute Gasteiger partial charge is 0.343 e. The summed E-state index contributed by atoms with van der Waals surface area (Å²) in [5.41, 5.74) is 0.912. The number of aryl methyl sites for hydroxylation is 2. The van der Waals surface area contributed by atoms with Gasteiger partial charge >= 0.3 is 5.97 Å². The second-order valence-electron chi connectivity index (χ2n) is 6.20. The van der Waals surface area contributed by atoms with Gasteiger partial charge in [0.2, 0.25) is 11.6 Å². The van der Waals surface area contributed by atoms with Crippen molar-refractivity contribution >= 4 is 22.8 Å². The van der Waals surface area contributed by atoms with Gasteiger partial charge < -0.3 is 15.0 Å². The highest BCUT2D eigenvalue weighted by Crippen LogP contribution is 2.27. The van der Waals surface area contributed by atoms with E-state index in [0.717, 1.165) is 22.0 Å². The van der Waals surface area contributed by atoms with Crippen LogP contribution in [-0.2, 0) is 16.0 Å². The molecule has 2 heterocycles. The number of fused-ring (bicyclic) bond motifs is 1. The Labute approximate surface area is 133 Å². The number of hydrogen-bond donors (Lipinski definition) is 2. The number of nitrogens with zero attached hydrogens (tertiary/aromatic N) is 1. The van der Waals surface area contributed by atoms with Gasteiger partial charge in [-0.1, -0.05) is 11.6 Å². The highest BCUT2D eigenvalue weighted by molar-refractivity contribution is 5.85. The molecule has 0 bridgehead atoms. The number of nitrogens with one attached hydrogen (secondary N) is 1. The molecule has 6 heteroatoms. The van der Waals surface area contributed by atoms with Crippen LogP contribution < -0.4 is 0 Å². The lowest BCUT2D eigenvalue weighted by Crippen LogP contribution is -2.38. The van der Waals surface area contributed by atoms with Crippen LogP contribution in [0.4, 0.5) is 4.39 Å². The minimum Gasteiger partial charge on any atom is -0.479 e. The maximum absolute atomic E-state index is 14.0. The molecule has 1 unspecified atom stereocenters. The van der Waals surface area contributed by atoms with Crippen LogP contribution in [0.5, 0.6) is 0 Å². The molecule has 2 N–H and O–H groups in total. The number of H-pyrrole nitrogens is 1. The summed E-state index contributed by atoms with van der Waals surface area (Å²) < 4.78 is 14.0. The van der Waals surface area contributed by atoms with Gasteiger partial charge in [0.25, 0.3) is 0 Å². The van der Waals surface area contributed by atoms with Crippen LogP contribution in [0.1, 0.15) is 24.0 Å². The van der Waals surface area contributed by atoms with Crippen LogP contribution in [0.2, 0.25) is 0 Å². The molecular weight excluding hydrogens is 299 g/mol. The fraction of sp³-hybridized carbons (Fsp3) is 0.412. The zero-order chi connectivity index (χ0) is 16.6. The first-order valence-corrected chi connectivity index (χ1v) is 7.66. The number of aromatic amines is 1. The maximum atomic E-state index is 14.0. The van der Waals surface area contributed by atoms with Gasteiger partial charge in [-0.05, 0) is 31.0 Å². The van der Waals surface area contributed by atoms with Crippen molar-refractivity contribution < 1.29 is 19.1 Å². The van der Waals surface area contributed by atoms with Crippen molar-refractivity contribution in [2.75, 3.05) is 13.1 Å². The number of likely N-dealkylation sites (tertiary alicyclic amines) is 1. The van der Waals surface area contributed by atoms with Gasteiger partial charge in [0, 0.05) is 36.5 Å². The van der Waals surface area contributed by atoms with Crippen LogP contribution in [0, 0.1) is 6.92 Å². The number of carboxylic acids is 1. The van der Waals surface area contributed by atoms with Gasteiger partial charge in [0.1, 0.15) is 0 Å².